The quantitative estimate of drug-likeness (QED) is 0.0369. The molecular weight excluding hydrogens is 787 g/mol. The lowest BCUT2D eigenvalue weighted by molar-refractivity contribution is -0.146. The Labute approximate surface area is 341 Å². The molecule has 8 amide bonds. The Kier molecular flexibility index (Phi) is 24.3. The zero-order chi connectivity index (χ0) is 45.0. The smallest absolute Gasteiger partial charge is 0.328 e. The summed E-state index contributed by atoms with van der Waals surface area (Å²) < 4.78 is 0. The highest BCUT2D eigenvalue weighted by molar-refractivity contribution is 7.98. The van der Waals surface area contributed by atoms with Crippen LogP contribution in [-0.2, 0) is 43.2 Å². The first-order valence-electron chi connectivity index (χ1n) is 18.7. The van der Waals surface area contributed by atoms with Crippen LogP contribution in [0, 0.1) is 11.8 Å². The summed E-state index contributed by atoms with van der Waals surface area (Å²) in [5, 5.41) is 55.6. The third-order valence-electron chi connectivity index (χ3n) is 8.30. The van der Waals surface area contributed by atoms with Gasteiger partial charge >= 0.3 is 5.97 Å². The van der Waals surface area contributed by atoms with Crippen LogP contribution in [0.5, 0.6) is 0 Å². The van der Waals surface area contributed by atoms with Gasteiger partial charge < -0.3 is 69.1 Å². The van der Waals surface area contributed by atoms with Crippen molar-refractivity contribution in [1.82, 2.24) is 37.2 Å². The predicted octanol–water partition coefficient (Wildman–Crippen LogP) is -4.71. The molecule has 0 aromatic carbocycles. The first kappa shape index (κ1) is 53.4. The lowest BCUT2D eigenvalue weighted by atomic mass is 10.0. The number of carboxylic acids is 1. The molecule has 332 valence electrons. The molecule has 15 N–H and O–H groups in total. The molecule has 58 heavy (non-hydrogen) atoms. The van der Waals surface area contributed by atoms with Crippen molar-refractivity contribution in [2.45, 2.75) is 135 Å². The Balaban J connectivity index is 5.90. The van der Waals surface area contributed by atoms with Gasteiger partial charge in [0.15, 0.2) is 6.04 Å². The molecule has 0 radical (unpaired) electrons. The second kappa shape index (κ2) is 26.4. The molecule has 10 atom stereocenters. The molecular formula is C35H63N9O13S. The zero-order valence-electron chi connectivity index (χ0n) is 34.2. The van der Waals surface area contributed by atoms with Crippen molar-refractivity contribution < 1.29 is 63.6 Å². The third kappa shape index (κ3) is 20.2. The van der Waals surface area contributed by atoms with E-state index < -0.39 is 127 Å². The number of aliphatic carboxylic acids is 1. The van der Waals surface area contributed by atoms with Gasteiger partial charge in [-0.1, -0.05) is 27.7 Å². The average Bonchev–Trinajstić information content (AvgIpc) is 3.10. The van der Waals surface area contributed by atoms with E-state index in [0.29, 0.717) is 12.2 Å². The second-order valence-corrected chi connectivity index (χ2v) is 15.8. The largest absolute Gasteiger partial charge is 0.480 e. The fraction of sp³-hybridized carbons (Fsp3) is 0.743. The number of rotatable bonds is 27. The topological polar surface area (TPSA) is 371 Å². The number of aliphatic hydroxyl groups is 3. The minimum absolute atomic E-state index is 0.0208. The van der Waals surface area contributed by atoms with Crippen molar-refractivity contribution in [2.24, 2.45) is 23.3 Å². The Bertz CT molecular complexity index is 1430. The Hall–Kier alpha value is -4.58. The maximum Gasteiger partial charge on any atom is 0.328 e. The number of nitrogens with two attached hydrogens (primary N) is 2. The van der Waals surface area contributed by atoms with Crippen LogP contribution in [0.15, 0.2) is 0 Å². The van der Waals surface area contributed by atoms with Crippen LogP contribution in [0.25, 0.3) is 0 Å². The van der Waals surface area contributed by atoms with Gasteiger partial charge in [0.05, 0.1) is 37.3 Å². The summed E-state index contributed by atoms with van der Waals surface area (Å²) in [7, 11) is 0. The van der Waals surface area contributed by atoms with E-state index in [1.807, 2.05) is 25.4 Å². The molecule has 10 unspecified atom stereocenters. The highest BCUT2D eigenvalue weighted by Crippen LogP contribution is 2.10. The number of carboxylic acid groups (broad SMARTS) is 1. The van der Waals surface area contributed by atoms with Gasteiger partial charge in [0, 0.05) is 0 Å². The molecule has 0 spiro atoms. The SMILES string of the molecule is CSCCC(N)C(=O)NC(CC(C)C)C(=O)NC(C(=O)NC(CC(C)C)C(=O)NCC(=O)NC(CC(N)=O)C(=O)NC(C(=O)NC(C(=O)O)C(C)O)C(C)O)C(C)O. The summed E-state index contributed by atoms with van der Waals surface area (Å²) in [5.41, 5.74) is 11.2. The predicted molar refractivity (Wildman–Crippen MR) is 211 cm³/mol. The van der Waals surface area contributed by atoms with Crippen LogP contribution in [0.4, 0.5) is 0 Å². The van der Waals surface area contributed by atoms with Crippen LogP contribution in [0.1, 0.15) is 74.1 Å². The minimum Gasteiger partial charge on any atom is -0.480 e. The third-order valence-corrected chi connectivity index (χ3v) is 8.95. The van der Waals surface area contributed by atoms with Crippen molar-refractivity contribution in [2.75, 3.05) is 18.6 Å². The summed E-state index contributed by atoms with van der Waals surface area (Å²) in [6, 6.07) is -10.3. The van der Waals surface area contributed by atoms with Gasteiger partial charge in [-0.3, -0.25) is 38.4 Å². The van der Waals surface area contributed by atoms with Gasteiger partial charge in [0.25, 0.3) is 0 Å². The Morgan fingerprint density at radius 1 is 0.569 bits per heavy atom. The van der Waals surface area contributed by atoms with Crippen molar-refractivity contribution >= 4 is 65.0 Å². The van der Waals surface area contributed by atoms with Crippen LogP contribution in [0.3, 0.4) is 0 Å². The number of nitrogens with one attached hydrogen (secondary N) is 7. The molecule has 0 aromatic rings. The van der Waals surface area contributed by atoms with Gasteiger partial charge in [-0.25, -0.2) is 4.79 Å². The number of hydrogen-bond acceptors (Lipinski definition) is 14. The molecule has 0 rings (SSSR count). The second-order valence-electron chi connectivity index (χ2n) is 14.8. The van der Waals surface area contributed by atoms with E-state index in [2.05, 4.69) is 31.9 Å². The van der Waals surface area contributed by atoms with Crippen molar-refractivity contribution in [1.29, 1.82) is 0 Å². The first-order chi connectivity index (χ1) is 26.8. The maximum absolute atomic E-state index is 13.4. The molecule has 0 saturated carbocycles. The Morgan fingerprint density at radius 3 is 1.40 bits per heavy atom. The molecule has 0 aromatic heterocycles. The fourth-order valence-corrected chi connectivity index (χ4v) is 5.71. The Morgan fingerprint density at radius 2 is 0.983 bits per heavy atom. The monoisotopic (exact) mass is 849 g/mol. The normalized spacial score (nSPS) is 16.4. The molecule has 0 aliphatic carbocycles. The van der Waals surface area contributed by atoms with Crippen LogP contribution in [0.2, 0.25) is 0 Å². The van der Waals surface area contributed by atoms with Crippen molar-refractivity contribution in [3.63, 3.8) is 0 Å². The molecule has 0 saturated heterocycles. The van der Waals surface area contributed by atoms with Crippen molar-refractivity contribution in [3.8, 4) is 0 Å². The van der Waals surface area contributed by atoms with Gasteiger partial charge in [-0.05, 0) is 63.9 Å². The maximum atomic E-state index is 13.4. The van der Waals surface area contributed by atoms with E-state index in [9.17, 15) is 63.6 Å². The summed E-state index contributed by atoms with van der Waals surface area (Å²) in [4.78, 5) is 115. The summed E-state index contributed by atoms with van der Waals surface area (Å²) in [5.74, 6) is -9.00. The molecule has 22 nitrogen and oxygen atoms in total. The average molecular weight is 850 g/mol. The van der Waals surface area contributed by atoms with Gasteiger partial charge in [-0.15, -0.1) is 0 Å². The summed E-state index contributed by atoms with van der Waals surface area (Å²) in [6.45, 7) is 9.68. The number of thioether (sulfide) groups is 1. The highest BCUT2D eigenvalue weighted by atomic mass is 32.2. The fourth-order valence-electron chi connectivity index (χ4n) is 5.22. The van der Waals surface area contributed by atoms with E-state index in [0.717, 1.165) is 13.8 Å². The number of amides is 8. The lowest BCUT2D eigenvalue weighted by Crippen LogP contribution is -2.61. The van der Waals surface area contributed by atoms with Crippen LogP contribution in [-0.4, -0.2) is 153 Å². The van der Waals surface area contributed by atoms with E-state index >= 15 is 0 Å². The summed E-state index contributed by atoms with van der Waals surface area (Å²) >= 11 is 1.50. The van der Waals surface area contributed by atoms with Gasteiger partial charge in [0.2, 0.25) is 47.3 Å². The van der Waals surface area contributed by atoms with Crippen LogP contribution < -0.4 is 48.7 Å². The van der Waals surface area contributed by atoms with Crippen LogP contribution >= 0.6 is 11.8 Å². The van der Waals surface area contributed by atoms with Gasteiger partial charge in [0.1, 0.15) is 30.2 Å². The number of aliphatic hydroxyl groups excluding tert-OH is 3. The molecule has 0 fully saturated rings. The lowest BCUT2D eigenvalue weighted by Gasteiger charge is -2.28. The van der Waals surface area contributed by atoms with Crippen molar-refractivity contribution in [3.05, 3.63) is 0 Å². The first-order valence-corrected chi connectivity index (χ1v) is 20.1. The number of carbonyl (C=O) groups is 9. The summed E-state index contributed by atoms with van der Waals surface area (Å²) in [6.07, 6.45) is -3.06. The zero-order valence-corrected chi connectivity index (χ0v) is 35.0. The number of carbonyl (C=O) groups excluding carboxylic acids is 8. The number of hydrogen-bond donors (Lipinski definition) is 13. The molecule has 0 aliphatic rings. The highest BCUT2D eigenvalue weighted by Gasteiger charge is 2.36. The minimum atomic E-state index is -1.82. The number of primary amides is 1. The molecule has 23 heteroatoms. The standard InChI is InChI=1S/C35H63N9O13S/c1-15(2)11-21(41-33(54)26(17(5)45)42-31(52)22(12-16(3)4)40-29(50)20(36)9-10-58-8)30(51)38-14-25(49)39-23(13-24(37)48)32(53)43-27(18(6)46)34(55)44-28(19(7)47)35(56)57/h15-23,26-28,45-47H,9-14,36H2,1-8H3,(H2,37,48)(H,38,51)(H,39,49)(H,40,50)(H,41,54)(H,42,52)(H,43,53)(H,44,55)(H,56,57). The van der Waals surface area contributed by atoms with E-state index in [1.54, 1.807) is 13.8 Å². The van der Waals surface area contributed by atoms with E-state index in [4.69, 9.17) is 11.5 Å². The van der Waals surface area contributed by atoms with E-state index in [1.165, 1.54) is 18.7 Å². The van der Waals surface area contributed by atoms with Gasteiger partial charge in [-0.2, -0.15) is 11.8 Å². The molecule has 0 aliphatic heterocycles. The van der Waals surface area contributed by atoms with E-state index in [-0.39, 0.29) is 24.7 Å². The molecule has 0 bridgehead atoms. The molecule has 0 heterocycles.